The Bertz CT molecular complexity index is 851. The lowest BCUT2D eigenvalue weighted by molar-refractivity contribution is 0.153. The van der Waals surface area contributed by atoms with Crippen molar-refractivity contribution in [3.05, 3.63) is 65.6 Å². The van der Waals surface area contributed by atoms with Crippen molar-refractivity contribution in [2.75, 3.05) is 11.9 Å². The van der Waals surface area contributed by atoms with Crippen LogP contribution in [0.15, 0.2) is 59.5 Å². The fourth-order valence-electron chi connectivity index (χ4n) is 2.87. The van der Waals surface area contributed by atoms with Crippen LogP contribution in [-0.4, -0.2) is 22.9 Å². The fourth-order valence-corrected chi connectivity index (χ4v) is 3.15. The van der Waals surface area contributed by atoms with Crippen molar-refractivity contribution in [1.82, 2.24) is 4.98 Å². The topological polar surface area (TPSA) is 67.5 Å². The number of aliphatic hydroxyl groups is 1. The summed E-state index contributed by atoms with van der Waals surface area (Å²) in [6.07, 6.45) is 2.19. The summed E-state index contributed by atoms with van der Waals surface area (Å²) in [5.74, 6) is 1.29. The van der Waals surface area contributed by atoms with Gasteiger partial charge in [-0.15, -0.1) is 0 Å². The van der Waals surface area contributed by atoms with E-state index in [9.17, 15) is 5.11 Å². The van der Waals surface area contributed by atoms with Gasteiger partial charge in [0.2, 0.25) is 0 Å². The van der Waals surface area contributed by atoms with Crippen molar-refractivity contribution < 1.29 is 14.3 Å². The van der Waals surface area contributed by atoms with E-state index in [1.165, 1.54) is 6.39 Å². The number of hydrogen-bond acceptors (Lipinski definition) is 5. The highest BCUT2D eigenvalue weighted by molar-refractivity contribution is 6.33. The first-order chi connectivity index (χ1) is 11.7. The highest BCUT2D eigenvalue weighted by atomic mass is 35.5. The SMILES string of the molecule is OC(Nc1ccc(-c2cnco2)c(Cl)c1)C1COc2ccccc21. The Morgan fingerprint density at radius 3 is 2.92 bits per heavy atom. The first-order valence-electron chi connectivity index (χ1n) is 7.57. The maximum absolute atomic E-state index is 10.5. The third-order valence-electron chi connectivity index (χ3n) is 4.10. The van der Waals surface area contributed by atoms with Crippen molar-refractivity contribution in [3.8, 4) is 17.1 Å². The number of fused-ring (bicyclic) bond motifs is 1. The molecule has 2 unspecified atom stereocenters. The van der Waals surface area contributed by atoms with E-state index in [0.717, 1.165) is 22.6 Å². The standard InChI is InChI=1S/C18H15ClN2O3/c19-15-7-11(5-6-13(15)17-8-20-10-24-17)21-18(22)14-9-23-16-4-2-1-3-12(14)16/h1-8,10,14,18,21-22H,9H2. The Morgan fingerprint density at radius 2 is 2.12 bits per heavy atom. The van der Waals surface area contributed by atoms with E-state index in [2.05, 4.69) is 10.3 Å². The van der Waals surface area contributed by atoms with E-state index < -0.39 is 6.23 Å². The molecule has 2 atom stereocenters. The number of para-hydroxylation sites is 1. The van der Waals surface area contributed by atoms with Gasteiger partial charge in [-0.25, -0.2) is 4.98 Å². The lowest BCUT2D eigenvalue weighted by Crippen LogP contribution is -2.28. The maximum Gasteiger partial charge on any atom is 0.181 e. The van der Waals surface area contributed by atoms with Gasteiger partial charge in [-0.05, 0) is 24.3 Å². The number of halogens is 1. The van der Waals surface area contributed by atoms with Crippen LogP contribution in [0.1, 0.15) is 11.5 Å². The molecule has 0 saturated carbocycles. The predicted octanol–water partition coefficient (Wildman–Crippen LogP) is 3.90. The number of ether oxygens (including phenoxy) is 1. The predicted molar refractivity (Wildman–Crippen MR) is 91.3 cm³/mol. The molecule has 2 aromatic carbocycles. The van der Waals surface area contributed by atoms with Gasteiger partial charge in [0.05, 0.1) is 23.7 Å². The molecule has 0 spiro atoms. The number of benzene rings is 2. The van der Waals surface area contributed by atoms with Gasteiger partial charge in [0.1, 0.15) is 12.0 Å². The molecule has 122 valence electrons. The van der Waals surface area contributed by atoms with Gasteiger partial charge < -0.3 is 19.6 Å². The summed E-state index contributed by atoms with van der Waals surface area (Å²) in [6.45, 7) is 0.442. The number of hydrogen-bond donors (Lipinski definition) is 2. The molecule has 2 heterocycles. The van der Waals surface area contributed by atoms with E-state index in [0.29, 0.717) is 17.4 Å². The minimum atomic E-state index is -0.777. The average molecular weight is 343 g/mol. The molecule has 1 aromatic heterocycles. The molecular weight excluding hydrogens is 328 g/mol. The van der Waals surface area contributed by atoms with Gasteiger partial charge >= 0.3 is 0 Å². The van der Waals surface area contributed by atoms with E-state index >= 15 is 0 Å². The highest BCUT2D eigenvalue weighted by Crippen LogP contribution is 2.36. The summed E-state index contributed by atoms with van der Waals surface area (Å²) in [7, 11) is 0. The summed E-state index contributed by atoms with van der Waals surface area (Å²) < 4.78 is 10.9. The fraction of sp³-hybridized carbons (Fsp3) is 0.167. The lowest BCUT2D eigenvalue weighted by atomic mass is 9.99. The monoisotopic (exact) mass is 342 g/mol. The zero-order valence-electron chi connectivity index (χ0n) is 12.6. The van der Waals surface area contributed by atoms with Gasteiger partial charge in [-0.1, -0.05) is 29.8 Å². The van der Waals surface area contributed by atoms with Crippen LogP contribution in [0.3, 0.4) is 0 Å². The zero-order valence-corrected chi connectivity index (χ0v) is 13.4. The van der Waals surface area contributed by atoms with Gasteiger partial charge in [0.25, 0.3) is 0 Å². The van der Waals surface area contributed by atoms with Crippen molar-refractivity contribution in [2.24, 2.45) is 0 Å². The number of aliphatic hydroxyl groups excluding tert-OH is 1. The van der Waals surface area contributed by atoms with Crippen molar-refractivity contribution in [2.45, 2.75) is 12.1 Å². The number of anilines is 1. The molecule has 0 radical (unpaired) electrons. The quantitative estimate of drug-likeness (QED) is 0.704. The molecule has 4 rings (SSSR count). The molecule has 1 aliphatic rings. The smallest absolute Gasteiger partial charge is 0.181 e. The molecule has 0 bridgehead atoms. The zero-order chi connectivity index (χ0) is 16.5. The number of nitrogens with zero attached hydrogens (tertiary/aromatic N) is 1. The van der Waals surface area contributed by atoms with E-state index in [1.807, 2.05) is 36.4 Å². The largest absolute Gasteiger partial charge is 0.492 e. The van der Waals surface area contributed by atoms with Crippen LogP contribution in [0.5, 0.6) is 5.75 Å². The van der Waals surface area contributed by atoms with Crippen LogP contribution in [0, 0.1) is 0 Å². The molecule has 24 heavy (non-hydrogen) atoms. The van der Waals surface area contributed by atoms with E-state index in [-0.39, 0.29) is 5.92 Å². The Kier molecular flexibility index (Phi) is 3.88. The van der Waals surface area contributed by atoms with Gasteiger partial charge in [0, 0.05) is 16.8 Å². The minimum Gasteiger partial charge on any atom is -0.492 e. The number of rotatable bonds is 4. The molecular formula is C18H15ClN2O3. The van der Waals surface area contributed by atoms with Gasteiger partial charge in [-0.3, -0.25) is 0 Å². The van der Waals surface area contributed by atoms with Crippen molar-refractivity contribution in [1.29, 1.82) is 0 Å². The molecule has 0 saturated heterocycles. The van der Waals surface area contributed by atoms with Gasteiger partial charge in [-0.2, -0.15) is 0 Å². The Morgan fingerprint density at radius 1 is 1.25 bits per heavy atom. The van der Waals surface area contributed by atoms with Crippen LogP contribution >= 0.6 is 11.6 Å². The van der Waals surface area contributed by atoms with Gasteiger partial charge in [0.15, 0.2) is 12.2 Å². The summed E-state index contributed by atoms with van der Waals surface area (Å²) in [5.41, 5.74) is 2.48. The lowest BCUT2D eigenvalue weighted by Gasteiger charge is -2.20. The first kappa shape index (κ1) is 15.1. The molecule has 0 aliphatic carbocycles. The molecule has 6 heteroatoms. The van der Waals surface area contributed by atoms with Crippen molar-refractivity contribution in [3.63, 3.8) is 0 Å². The number of oxazole rings is 1. The Labute approximate surface area is 143 Å². The maximum atomic E-state index is 10.5. The van der Waals surface area contributed by atoms with Crippen molar-refractivity contribution >= 4 is 17.3 Å². The summed E-state index contributed by atoms with van der Waals surface area (Å²) in [5, 5.41) is 14.1. The second-order valence-corrected chi connectivity index (χ2v) is 6.01. The highest BCUT2D eigenvalue weighted by Gasteiger charge is 2.30. The van der Waals surface area contributed by atoms with E-state index in [1.54, 1.807) is 12.3 Å². The Balaban J connectivity index is 1.53. The van der Waals surface area contributed by atoms with Crippen LogP contribution in [0.2, 0.25) is 5.02 Å². The third kappa shape index (κ3) is 2.72. The minimum absolute atomic E-state index is 0.131. The van der Waals surface area contributed by atoms with Crippen LogP contribution < -0.4 is 10.1 Å². The Hall–Kier alpha value is -2.50. The molecule has 0 amide bonds. The summed E-state index contributed by atoms with van der Waals surface area (Å²) >= 11 is 6.31. The van der Waals surface area contributed by atoms with Crippen LogP contribution in [0.4, 0.5) is 5.69 Å². The normalized spacial score (nSPS) is 17.2. The average Bonchev–Trinajstić information content (AvgIpc) is 3.24. The number of nitrogens with one attached hydrogen (secondary N) is 1. The number of aromatic nitrogens is 1. The second kappa shape index (κ2) is 6.19. The van der Waals surface area contributed by atoms with Crippen LogP contribution in [-0.2, 0) is 0 Å². The second-order valence-electron chi connectivity index (χ2n) is 5.60. The van der Waals surface area contributed by atoms with Crippen LogP contribution in [0.25, 0.3) is 11.3 Å². The summed E-state index contributed by atoms with van der Waals surface area (Å²) in [6, 6.07) is 13.2. The molecule has 5 nitrogen and oxygen atoms in total. The first-order valence-corrected chi connectivity index (χ1v) is 7.95. The molecule has 2 N–H and O–H groups in total. The summed E-state index contributed by atoms with van der Waals surface area (Å²) in [4.78, 5) is 3.89. The third-order valence-corrected chi connectivity index (χ3v) is 4.41. The molecule has 3 aromatic rings. The molecule has 1 aliphatic heterocycles. The van der Waals surface area contributed by atoms with E-state index in [4.69, 9.17) is 20.8 Å². The molecule has 0 fully saturated rings.